The Hall–Kier alpha value is -1.04. The summed E-state index contributed by atoms with van der Waals surface area (Å²) in [6.07, 6.45) is -0.134. The van der Waals surface area contributed by atoms with Gasteiger partial charge in [0, 0.05) is 23.2 Å². The molecule has 0 radical (unpaired) electrons. The minimum Gasteiger partial charge on any atom is -0.496 e. The molecule has 1 N–H and O–H groups in total. The van der Waals surface area contributed by atoms with E-state index in [1.54, 1.807) is 7.11 Å². The summed E-state index contributed by atoms with van der Waals surface area (Å²) >= 11 is 7.72. The van der Waals surface area contributed by atoms with Gasteiger partial charge in [-0.2, -0.15) is 5.10 Å². The van der Waals surface area contributed by atoms with Gasteiger partial charge in [-0.1, -0.05) is 11.6 Å². The Morgan fingerprint density at radius 1 is 1.58 bits per heavy atom. The van der Waals surface area contributed by atoms with Crippen LogP contribution >= 0.6 is 22.9 Å². The van der Waals surface area contributed by atoms with Crippen LogP contribution in [-0.4, -0.2) is 22.0 Å². The Morgan fingerprint density at radius 2 is 2.32 bits per heavy atom. The number of rotatable bonds is 5. The van der Waals surface area contributed by atoms with Gasteiger partial charge in [-0.25, -0.2) is 0 Å². The monoisotopic (exact) mass is 300 g/mol. The summed E-state index contributed by atoms with van der Waals surface area (Å²) in [5.74, 6) is 0.769. The summed E-state index contributed by atoms with van der Waals surface area (Å²) in [5.41, 5.74) is 1.68. The minimum absolute atomic E-state index is 0.456. The first-order valence-corrected chi connectivity index (χ1v) is 7.34. The zero-order valence-electron chi connectivity index (χ0n) is 11.2. The van der Waals surface area contributed by atoms with E-state index >= 15 is 0 Å². The molecule has 104 valence electrons. The van der Waals surface area contributed by atoms with E-state index < -0.39 is 6.10 Å². The number of nitrogens with zero attached hydrogens (tertiary/aromatic N) is 2. The van der Waals surface area contributed by atoms with Crippen molar-refractivity contribution in [3.8, 4) is 5.75 Å². The van der Waals surface area contributed by atoms with Crippen molar-refractivity contribution in [2.45, 2.75) is 32.9 Å². The summed E-state index contributed by atoms with van der Waals surface area (Å²) in [7, 11) is 1.62. The van der Waals surface area contributed by atoms with Crippen molar-refractivity contribution in [3.05, 3.63) is 32.7 Å². The van der Waals surface area contributed by atoms with Gasteiger partial charge >= 0.3 is 0 Å². The van der Waals surface area contributed by atoms with E-state index in [1.165, 1.54) is 11.3 Å². The topological polar surface area (TPSA) is 47.3 Å². The molecular formula is C13H17ClN2O2S. The van der Waals surface area contributed by atoms with Gasteiger partial charge in [0.25, 0.3) is 0 Å². The highest BCUT2D eigenvalue weighted by atomic mass is 35.5. The summed E-state index contributed by atoms with van der Waals surface area (Å²) < 4.78 is 6.96. The van der Waals surface area contributed by atoms with Gasteiger partial charge in [-0.05, 0) is 19.9 Å². The molecule has 0 spiro atoms. The van der Waals surface area contributed by atoms with E-state index in [0.29, 0.717) is 11.4 Å². The molecule has 0 saturated heterocycles. The van der Waals surface area contributed by atoms with E-state index in [-0.39, 0.29) is 0 Å². The second-order valence-corrected chi connectivity index (χ2v) is 5.59. The summed E-state index contributed by atoms with van der Waals surface area (Å²) in [5, 5.41) is 17.2. The van der Waals surface area contributed by atoms with Crippen LogP contribution in [0, 0.1) is 6.92 Å². The Kier molecular flexibility index (Phi) is 4.50. The molecule has 0 aromatic carbocycles. The van der Waals surface area contributed by atoms with Crippen LogP contribution in [0.1, 0.15) is 29.3 Å². The van der Waals surface area contributed by atoms with E-state index in [4.69, 9.17) is 16.3 Å². The third-order valence-electron chi connectivity index (χ3n) is 3.00. The van der Waals surface area contributed by atoms with Gasteiger partial charge in [-0.15, -0.1) is 11.3 Å². The second kappa shape index (κ2) is 5.94. The Morgan fingerprint density at radius 3 is 2.89 bits per heavy atom. The van der Waals surface area contributed by atoms with Crippen molar-refractivity contribution in [2.24, 2.45) is 0 Å². The lowest BCUT2D eigenvalue weighted by Gasteiger charge is -2.10. The summed E-state index contributed by atoms with van der Waals surface area (Å²) in [6.45, 7) is 4.62. The zero-order valence-corrected chi connectivity index (χ0v) is 12.8. The van der Waals surface area contributed by atoms with Crippen LogP contribution in [0.5, 0.6) is 5.75 Å². The second-order valence-electron chi connectivity index (χ2n) is 4.27. The number of methoxy groups -OCH3 is 1. The minimum atomic E-state index is -0.590. The van der Waals surface area contributed by atoms with E-state index in [1.807, 2.05) is 30.0 Å². The average Bonchev–Trinajstić information content (AvgIpc) is 2.98. The molecule has 2 aromatic heterocycles. The van der Waals surface area contributed by atoms with Crippen LogP contribution in [0.4, 0.5) is 0 Å². The van der Waals surface area contributed by atoms with Crippen molar-refractivity contribution in [3.63, 3.8) is 0 Å². The molecule has 0 amide bonds. The number of aromatic nitrogens is 2. The molecule has 1 unspecified atom stereocenters. The van der Waals surface area contributed by atoms with Crippen molar-refractivity contribution in [1.29, 1.82) is 0 Å². The molecule has 0 aliphatic rings. The van der Waals surface area contributed by atoms with Gasteiger partial charge in [0.05, 0.1) is 29.6 Å². The zero-order chi connectivity index (χ0) is 14.0. The van der Waals surface area contributed by atoms with Crippen LogP contribution in [-0.2, 0) is 13.0 Å². The maximum atomic E-state index is 10.3. The van der Waals surface area contributed by atoms with Gasteiger partial charge in [-0.3, -0.25) is 4.68 Å². The average molecular weight is 301 g/mol. The van der Waals surface area contributed by atoms with Crippen molar-refractivity contribution in [1.82, 2.24) is 9.78 Å². The van der Waals surface area contributed by atoms with E-state index in [0.717, 1.165) is 28.6 Å². The lowest BCUT2D eigenvalue weighted by Crippen LogP contribution is -2.08. The Bertz CT molecular complexity index is 565. The number of halogens is 1. The fraction of sp³-hybridized carbons (Fsp3) is 0.462. The van der Waals surface area contributed by atoms with Crippen LogP contribution in [0.3, 0.4) is 0 Å². The maximum absolute atomic E-state index is 10.3. The van der Waals surface area contributed by atoms with Crippen LogP contribution in [0.15, 0.2) is 11.4 Å². The number of thiophene rings is 1. The highest BCUT2D eigenvalue weighted by Gasteiger charge is 2.19. The molecule has 2 aromatic rings. The highest BCUT2D eigenvalue weighted by Crippen LogP contribution is 2.31. The van der Waals surface area contributed by atoms with E-state index in [9.17, 15) is 5.11 Å². The van der Waals surface area contributed by atoms with Gasteiger partial charge in [0.2, 0.25) is 0 Å². The molecule has 2 heterocycles. The third kappa shape index (κ3) is 2.94. The molecular weight excluding hydrogens is 284 g/mol. The molecule has 2 rings (SSSR count). The number of ether oxygens (including phenoxy) is 1. The SMILES string of the molecule is CCn1nc(C)c(Cl)c1CC(O)c1cc(OC)cs1. The van der Waals surface area contributed by atoms with Crippen molar-refractivity contribution >= 4 is 22.9 Å². The normalized spacial score (nSPS) is 12.7. The first kappa shape index (κ1) is 14.4. The number of aryl methyl sites for hydroxylation is 2. The highest BCUT2D eigenvalue weighted by molar-refractivity contribution is 7.10. The molecule has 1 atom stereocenters. The molecule has 0 aliphatic carbocycles. The van der Waals surface area contributed by atoms with Crippen LogP contribution in [0.2, 0.25) is 5.02 Å². The number of aliphatic hydroxyl groups is 1. The summed E-state index contributed by atoms with van der Waals surface area (Å²) in [6, 6.07) is 1.85. The van der Waals surface area contributed by atoms with Crippen LogP contribution < -0.4 is 4.74 Å². The molecule has 0 fully saturated rings. The van der Waals surface area contributed by atoms with Gasteiger partial charge in [0.15, 0.2) is 0 Å². The first-order valence-electron chi connectivity index (χ1n) is 6.09. The number of aliphatic hydroxyl groups excluding tert-OH is 1. The van der Waals surface area contributed by atoms with Gasteiger partial charge < -0.3 is 9.84 Å². The van der Waals surface area contributed by atoms with Crippen LogP contribution in [0.25, 0.3) is 0 Å². The lowest BCUT2D eigenvalue weighted by atomic mass is 10.1. The third-order valence-corrected chi connectivity index (χ3v) is 4.50. The smallest absolute Gasteiger partial charge is 0.129 e. The predicted octanol–water partition coefficient (Wildman–Crippen LogP) is 3.21. The molecule has 6 heteroatoms. The van der Waals surface area contributed by atoms with Crippen molar-refractivity contribution < 1.29 is 9.84 Å². The predicted molar refractivity (Wildman–Crippen MR) is 77.2 cm³/mol. The molecule has 4 nitrogen and oxygen atoms in total. The Balaban J connectivity index is 2.20. The maximum Gasteiger partial charge on any atom is 0.129 e. The largest absolute Gasteiger partial charge is 0.496 e. The Labute approximate surface area is 121 Å². The number of hydrogen-bond acceptors (Lipinski definition) is 4. The number of hydrogen-bond donors (Lipinski definition) is 1. The quantitative estimate of drug-likeness (QED) is 0.922. The standard InChI is InChI=1S/C13H17ClN2O2S/c1-4-16-10(13(14)8(2)15-16)6-11(17)12-5-9(18-3)7-19-12/h5,7,11,17H,4,6H2,1-3H3. The van der Waals surface area contributed by atoms with Crippen molar-refractivity contribution in [2.75, 3.05) is 7.11 Å². The fourth-order valence-corrected chi connectivity index (χ4v) is 3.02. The lowest BCUT2D eigenvalue weighted by molar-refractivity contribution is 0.179. The first-order chi connectivity index (χ1) is 9.06. The fourth-order valence-electron chi connectivity index (χ4n) is 1.96. The molecule has 0 saturated carbocycles. The molecule has 0 aliphatic heterocycles. The summed E-state index contributed by atoms with van der Waals surface area (Å²) in [4.78, 5) is 0.870. The molecule has 0 bridgehead atoms. The van der Waals surface area contributed by atoms with Gasteiger partial charge in [0.1, 0.15) is 5.75 Å². The van der Waals surface area contributed by atoms with E-state index in [2.05, 4.69) is 5.10 Å². The molecule has 19 heavy (non-hydrogen) atoms.